The number of rotatable bonds is 5. The standard InChI is InChI=1S/C19H28N2O2.2C2HF3O2/c1-2-18(12-20-8-1)23-15-17-14-22-11-7-19(17)5-9-21(10-6-19)13-16-3-4-16;2*3-2(4,5)1(6)7/h1-2,8,12,16-17H,3-7,9-11,13-15H2;2*(H,6,7). The fourth-order valence-corrected chi connectivity index (χ4v) is 4.24. The molecule has 0 radical (unpaired) electrons. The van der Waals surface area contributed by atoms with Gasteiger partial charge in [-0.05, 0) is 68.7 Å². The van der Waals surface area contributed by atoms with Crippen LogP contribution in [0, 0.1) is 17.3 Å². The SMILES string of the molecule is O=C(O)C(F)(F)F.O=C(O)C(F)(F)F.c1cncc(OCC2COCCC23CCN(CC2CC2)CC3)c1. The number of nitrogens with zero attached hydrogens (tertiary/aromatic N) is 2. The number of alkyl halides is 6. The summed E-state index contributed by atoms with van der Waals surface area (Å²) in [7, 11) is 0. The van der Waals surface area contributed by atoms with E-state index in [9.17, 15) is 26.3 Å². The van der Waals surface area contributed by atoms with Crippen LogP contribution in [0.5, 0.6) is 5.75 Å². The predicted octanol–water partition coefficient (Wildman–Crippen LogP) is 4.26. The zero-order chi connectivity index (χ0) is 27.7. The number of hydrogen-bond donors (Lipinski definition) is 2. The summed E-state index contributed by atoms with van der Waals surface area (Å²) in [5.74, 6) is -3.12. The number of halogens is 6. The molecule has 1 aromatic rings. The molecular weight excluding hydrogens is 514 g/mol. The second kappa shape index (κ2) is 13.3. The molecular formula is C23H30F6N2O6. The van der Waals surface area contributed by atoms with Gasteiger partial charge < -0.3 is 24.6 Å². The Hall–Kier alpha value is -2.61. The Labute approximate surface area is 209 Å². The number of aromatic nitrogens is 1. The van der Waals surface area contributed by atoms with Crippen LogP contribution in [-0.4, -0.2) is 83.8 Å². The lowest BCUT2D eigenvalue weighted by molar-refractivity contribution is -0.193. The molecule has 3 heterocycles. The molecule has 37 heavy (non-hydrogen) atoms. The van der Waals surface area contributed by atoms with Crippen molar-refractivity contribution in [2.24, 2.45) is 17.3 Å². The van der Waals surface area contributed by atoms with Gasteiger partial charge in [-0.1, -0.05) is 0 Å². The molecule has 2 N–H and O–H groups in total. The highest BCUT2D eigenvalue weighted by Crippen LogP contribution is 2.45. The zero-order valence-corrected chi connectivity index (χ0v) is 19.9. The molecule has 4 rings (SSSR count). The summed E-state index contributed by atoms with van der Waals surface area (Å²) in [6.07, 6.45) is 0.149. The summed E-state index contributed by atoms with van der Waals surface area (Å²) < 4.78 is 75.3. The number of ether oxygens (including phenoxy) is 2. The van der Waals surface area contributed by atoms with E-state index in [2.05, 4.69) is 9.88 Å². The van der Waals surface area contributed by atoms with Gasteiger partial charge in [0.15, 0.2) is 0 Å². The van der Waals surface area contributed by atoms with Gasteiger partial charge in [0.05, 0.1) is 19.4 Å². The maximum Gasteiger partial charge on any atom is 0.490 e. The van der Waals surface area contributed by atoms with Crippen molar-refractivity contribution in [2.75, 3.05) is 39.5 Å². The first kappa shape index (κ1) is 30.6. The Morgan fingerprint density at radius 1 is 1.05 bits per heavy atom. The van der Waals surface area contributed by atoms with Crippen LogP contribution in [0.15, 0.2) is 24.5 Å². The van der Waals surface area contributed by atoms with Crippen molar-refractivity contribution < 1.29 is 55.6 Å². The normalized spacial score (nSPS) is 21.6. The summed E-state index contributed by atoms with van der Waals surface area (Å²) >= 11 is 0. The smallest absolute Gasteiger partial charge is 0.490 e. The van der Waals surface area contributed by atoms with Gasteiger partial charge in [0.1, 0.15) is 5.75 Å². The highest BCUT2D eigenvalue weighted by Gasteiger charge is 2.44. The van der Waals surface area contributed by atoms with E-state index < -0.39 is 24.3 Å². The van der Waals surface area contributed by atoms with E-state index in [4.69, 9.17) is 29.3 Å². The van der Waals surface area contributed by atoms with Crippen LogP contribution >= 0.6 is 0 Å². The minimum Gasteiger partial charge on any atom is -0.492 e. The summed E-state index contributed by atoms with van der Waals surface area (Å²) in [4.78, 5) is 24.6. The van der Waals surface area contributed by atoms with Gasteiger partial charge in [0.25, 0.3) is 0 Å². The molecule has 1 aromatic heterocycles. The van der Waals surface area contributed by atoms with Crippen molar-refractivity contribution in [1.29, 1.82) is 0 Å². The van der Waals surface area contributed by atoms with Crippen LogP contribution in [0.3, 0.4) is 0 Å². The minimum atomic E-state index is -5.08. The van der Waals surface area contributed by atoms with Crippen molar-refractivity contribution in [2.45, 2.75) is 44.5 Å². The summed E-state index contributed by atoms with van der Waals surface area (Å²) in [5.41, 5.74) is 0.431. The Morgan fingerprint density at radius 2 is 1.62 bits per heavy atom. The van der Waals surface area contributed by atoms with Crippen LogP contribution < -0.4 is 4.74 Å². The molecule has 1 aliphatic carbocycles. The van der Waals surface area contributed by atoms with Crippen molar-refractivity contribution in [3.63, 3.8) is 0 Å². The Kier molecular flexibility index (Phi) is 11.0. The average molecular weight is 544 g/mol. The molecule has 0 aromatic carbocycles. The molecule has 1 spiro atoms. The molecule has 3 fully saturated rings. The third-order valence-electron chi connectivity index (χ3n) is 6.57. The van der Waals surface area contributed by atoms with Crippen LogP contribution in [0.4, 0.5) is 26.3 Å². The molecule has 1 atom stereocenters. The molecule has 2 aliphatic heterocycles. The minimum absolute atomic E-state index is 0.431. The lowest BCUT2D eigenvalue weighted by Crippen LogP contribution is -2.50. The topological polar surface area (TPSA) is 109 Å². The summed E-state index contributed by atoms with van der Waals surface area (Å²) in [6, 6.07) is 3.92. The van der Waals surface area contributed by atoms with Crippen LogP contribution in [0.2, 0.25) is 0 Å². The quantitative estimate of drug-likeness (QED) is 0.530. The maximum atomic E-state index is 10.6. The number of hydrogen-bond acceptors (Lipinski definition) is 6. The third-order valence-corrected chi connectivity index (χ3v) is 6.57. The average Bonchev–Trinajstić information content (AvgIpc) is 3.64. The van der Waals surface area contributed by atoms with E-state index in [1.54, 1.807) is 12.4 Å². The molecule has 1 unspecified atom stereocenters. The van der Waals surface area contributed by atoms with Crippen LogP contribution in [0.1, 0.15) is 32.1 Å². The molecule has 0 amide bonds. The van der Waals surface area contributed by atoms with Crippen LogP contribution in [0.25, 0.3) is 0 Å². The zero-order valence-electron chi connectivity index (χ0n) is 19.9. The van der Waals surface area contributed by atoms with E-state index in [1.807, 2.05) is 12.1 Å². The van der Waals surface area contributed by atoms with Crippen LogP contribution in [-0.2, 0) is 14.3 Å². The van der Waals surface area contributed by atoms with E-state index in [1.165, 1.54) is 51.7 Å². The molecule has 14 heteroatoms. The lowest BCUT2D eigenvalue weighted by Gasteiger charge is -2.49. The first-order chi connectivity index (χ1) is 17.2. The Morgan fingerprint density at radius 3 is 2.08 bits per heavy atom. The van der Waals surface area contributed by atoms with E-state index in [0.717, 1.165) is 31.5 Å². The maximum absolute atomic E-state index is 10.6. The van der Waals surface area contributed by atoms with E-state index in [0.29, 0.717) is 11.3 Å². The van der Waals surface area contributed by atoms with Crippen molar-refractivity contribution in [3.05, 3.63) is 24.5 Å². The first-order valence-electron chi connectivity index (χ1n) is 11.7. The van der Waals surface area contributed by atoms with Gasteiger partial charge in [0.2, 0.25) is 0 Å². The van der Waals surface area contributed by atoms with Gasteiger partial charge in [0, 0.05) is 25.3 Å². The number of carboxylic acid groups (broad SMARTS) is 2. The summed E-state index contributed by atoms with van der Waals surface area (Å²) in [5, 5.41) is 14.2. The first-order valence-corrected chi connectivity index (χ1v) is 11.7. The Balaban J connectivity index is 0.000000286. The highest BCUT2D eigenvalue weighted by molar-refractivity contribution is 5.73. The lowest BCUT2D eigenvalue weighted by atomic mass is 9.66. The third kappa shape index (κ3) is 10.7. The number of piperidine rings is 1. The monoisotopic (exact) mass is 544 g/mol. The second-order valence-electron chi connectivity index (χ2n) is 9.23. The fraction of sp³-hybridized carbons (Fsp3) is 0.696. The fourth-order valence-electron chi connectivity index (χ4n) is 4.24. The number of pyridine rings is 1. The number of likely N-dealkylation sites (tertiary alicyclic amines) is 1. The number of aliphatic carboxylic acids is 2. The second-order valence-corrected chi connectivity index (χ2v) is 9.23. The van der Waals surface area contributed by atoms with Gasteiger partial charge in [-0.3, -0.25) is 4.98 Å². The molecule has 0 bridgehead atoms. The molecule has 2 saturated heterocycles. The van der Waals surface area contributed by atoms with Crippen molar-refractivity contribution >= 4 is 11.9 Å². The number of carboxylic acids is 2. The summed E-state index contributed by atoms with van der Waals surface area (Å²) in [6.45, 7) is 6.40. The largest absolute Gasteiger partial charge is 0.492 e. The molecule has 210 valence electrons. The van der Waals surface area contributed by atoms with Crippen molar-refractivity contribution in [3.8, 4) is 5.75 Å². The van der Waals surface area contributed by atoms with Gasteiger partial charge in [-0.2, -0.15) is 26.3 Å². The van der Waals surface area contributed by atoms with Crippen molar-refractivity contribution in [1.82, 2.24) is 9.88 Å². The van der Waals surface area contributed by atoms with Gasteiger partial charge >= 0.3 is 24.3 Å². The van der Waals surface area contributed by atoms with Gasteiger partial charge in [-0.15, -0.1) is 0 Å². The van der Waals surface area contributed by atoms with E-state index >= 15 is 0 Å². The number of carbonyl (C=O) groups is 2. The molecule has 8 nitrogen and oxygen atoms in total. The highest BCUT2D eigenvalue weighted by atomic mass is 19.4. The van der Waals surface area contributed by atoms with E-state index in [-0.39, 0.29) is 0 Å². The Bertz CT molecular complexity index is 832. The van der Waals surface area contributed by atoms with Gasteiger partial charge in [-0.25, -0.2) is 9.59 Å². The molecule has 1 saturated carbocycles. The molecule has 3 aliphatic rings. The predicted molar refractivity (Wildman–Crippen MR) is 117 cm³/mol.